The van der Waals surface area contributed by atoms with Crippen molar-refractivity contribution < 1.29 is 33.0 Å². The number of aromatic hydroxyl groups is 1. The number of benzene rings is 2. The molecule has 2 aromatic carbocycles. The van der Waals surface area contributed by atoms with E-state index in [0.717, 1.165) is 16.5 Å². The lowest BCUT2D eigenvalue weighted by Gasteiger charge is -2.23. The Bertz CT molecular complexity index is 1130. The molecule has 1 amide bonds. The summed E-state index contributed by atoms with van der Waals surface area (Å²) in [7, 11) is 0. The smallest absolute Gasteiger partial charge is 0.490 e. The Hall–Kier alpha value is -3.62. The Labute approximate surface area is 189 Å². The Morgan fingerprint density at radius 2 is 1.67 bits per heavy atom. The lowest BCUT2D eigenvalue weighted by atomic mass is 9.93. The van der Waals surface area contributed by atoms with E-state index in [0.29, 0.717) is 17.5 Å². The van der Waals surface area contributed by atoms with E-state index in [9.17, 15) is 23.1 Å². The highest BCUT2D eigenvalue weighted by molar-refractivity contribution is 5.86. The Kier molecular flexibility index (Phi) is 8.39. The number of halogens is 3. The van der Waals surface area contributed by atoms with Gasteiger partial charge in [0.2, 0.25) is 5.91 Å². The molecule has 1 aromatic heterocycles. The third-order valence-corrected chi connectivity index (χ3v) is 4.73. The van der Waals surface area contributed by atoms with Crippen LogP contribution in [-0.4, -0.2) is 33.2 Å². The predicted octanol–water partition coefficient (Wildman–Crippen LogP) is 5.13. The zero-order chi connectivity index (χ0) is 24.8. The number of carbonyl (C=O) groups excluding carboxylic acids is 1. The maximum absolute atomic E-state index is 12.5. The first-order valence-electron chi connectivity index (χ1n) is 10.1. The van der Waals surface area contributed by atoms with Gasteiger partial charge in [-0.25, -0.2) is 4.79 Å². The molecule has 6 nitrogen and oxygen atoms in total. The van der Waals surface area contributed by atoms with E-state index in [-0.39, 0.29) is 17.6 Å². The van der Waals surface area contributed by atoms with Crippen molar-refractivity contribution in [3.63, 3.8) is 0 Å². The number of carbonyl (C=O) groups is 2. The van der Waals surface area contributed by atoms with Crippen molar-refractivity contribution in [3.05, 3.63) is 71.4 Å². The van der Waals surface area contributed by atoms with Crippen LogP contribution < -0.4 is 5.32 Å². The molecule has 0 aliphatic rings. The second-order valence-electron chi connectivity index (χ2n) is 7.84. The van der Waals surface area contributed by atoms with Crippen LogP contribution in [0, 0.1) is 12.8 Å². The van der Waals surface area contributed by atoms with Gasteiger partial charge >= 0.3 is 12.1 Å². The number of hydrogen-bond acceptors (Lipinski definition) is 4. The van der Waals surface area contributed by atoms with E-state index in [1.807, 2.05) is 69.3 Å². The summed E-state index contributed by atoms with van der Waals surface area (Å²) in [5.74, 6) is -2.41. The average Bonchev–Trinajstić information content (AvgIpc) is 2.73. The van der Waals surface area contributed by atoms with Gasteiger partial charge in [-0.05, 0) is 30.0 Å². The van der Waals surface area contributed by atoms with Crippen molar-refractivity contribution in [3.8, 4) is 5.75 Å². The van der Waals surface area contributed by atoms with Crippen LogP contribution >= 0.6 is 0 Å². The van der Waals surface area contributed by atoms with E-state index >= 15 is 0 Å². The molecular weight excluding hydrogens is 437 g/mol. The first-order chi connectivity index (χ1) is 15.4. The molecule has 0 bridgehead atoms. The normalized spacial score (nSPS) is 12.1. The zero-order valence-electron chi connectivity index (χ0n) is 18.3. The minimum Gasteiger partial charge on any atom is -0.505 e. The molecule has 176 valence electrons. The molecule has 3 aromatic rings. The number of nitrogens with zero attached hydrogens (tertiary/aromatic N) is 1. The molecule has 0 saturated carbocycles. The number of fused-ring (bicyclic) bond motifs is 1. The second kappa shape index (κ2) is 10.8. The zero-order valence-corrected chi connectivity index (χ0v) is 18.3. The van der Waals surface area contributed by atoms with Gasteiger partial charge in [0, 0.05) is 23.6 Å². The van der Waals surface area contributed by atoms with Crippen molar-refractivity contribution in [2.45, 2.75) is 39.4 Å². The largest absolute Gasteiger partial charge is 0.505 e. The van der Waals surface area contributed by atoms with E-state index < -0.39 is 18.2 Å². The van der Waals surface area contributed by atoms with E-state index in [1.54, 1.807) is 6.20 Å². The molecule has 33 heavy (non-hydrogen) atoms. The summed E-state index contributed by atoms with van der Waals surface area (Å²) in [4.78, 5) is 25.7. The molecule has 0 spiro atoms. The quantitative estimate of drug-likeness (QED) is 0.488. The van der Waals surface area contributed by atoms with Crippen LogP contribution in [0.3, 0.4) is 0 Å². The number of carboxylic acid groups (broad SMARTS) is 1. The van der Waals surface area contributed by atoms with Crippen LogP contribution in [0.15, 0.2) is 54.7 Å². The SMILES string of the molecule is Cc1ccccc1C(NC(=O)CC(C)C)c1ccc2cccnc2c1O.O=C(O)C(F)(F)F. The van der Waals surface area contributed by atoms with Crippen LogP contribution in [0.1, 0.15) is 43.0 Å². The van der Waals surface area contributed by atoms with Crippen molar-refractivity contribution in [1.82, 2.24) is 10.3 Å². The Balaban J connectivity index is 0.000000479. The van der Waals surface area contributed by atoms with Gasteiger partial charge in [0.1, 0.15) is 11.3 Å². The third kappa shape index (κ3) is 6.93. The number of hydrogen-bond donors (Lipinski definition) is 3. The number of nitrogens with one attached hydrogen (secondary N) is 1. The number of phenols is 1. The summed E-state index contributed by atoms with van der Waals surface area (Å²) < 4.78 is 31.7. The summed E-state index contributed by atoms with van der Waals surface area (Å²) in [6.45, 7) is 6.03. The number of carboxylic acids is 1. The number of alkyl halides is 3. The molecule has 1 unspecified atom stereocenters. The van der Waals surface area contributed by atoms with Gasteiger partial charge in [0.25, 0.3) is 0 Å². The topological polar surface area (TPSA) is 99.5 Å². The minimum atomic E-state index is -5.08. The van der Waals surface area contributed by atoms with Crippen molar-refractivity contribution >= 4 is 22.8 Å². The van der Waals surface area contributed by atoms with Crippen LogP contribution in [0.25, 0.3) is 10.9 Å². The number of aromatic nitrogens is 1. The van der Waals surface area contributed by atoms with E-state index in [1.165, 1.54) is 0 Å². The second-order valence-corrected chi connectivity index (χ2v) is 7.84. The van der Waals surface area contributed by atoms with Crippen molar-refractivity contribution in [2.75, 3.05) is 0 Å². The van der Waals surface area contributed by atoms with Gasteiger partial charge in [0.15, 0.2) is 0 Å². The molecule has 0 saturated heterocycles. The maximum atomic E-state index is 12.5. The minimum absolute atomic E-state index is 0.0335. The van der Waals surface area contributed by atoms with Gasteiger partial charge in [0.05, 0.1) is 6.04 Å². The molecule has 0 aliphatic heterocycles. The van der Waals surface area contributed by atoms with Gasteiger partial charge in [-0.1, -0.05) is 56.3 Å². The molecule has 0 radical (unpaired) electrons. The summed E-state index contributed by atoms with van der Waals surface area (Å²) in [6, 6.07) is 15.0. The molecule has 1 heterocycles. The number of pyridine rings is 1. The summed E-state index contributed by atoms with van der Waals surface area (Å²) in [5.41, 5.74) is 3.22. The molecule has 0 fully saturated rings. The predicted molar refractivity (Wildman–Crippen MR) is 118 cm³/mol. The van der Waals surface area contributed by atoms with Crippen molar-refractivity contribution in [2.24, 2.45) is 5.92 Å². The highest BCUT2D eigenvalue weighted by atomic mass is 19.4. The summed E-state index contributed by atoms with van der Waals surface area (Å²) in [5, 5.41) is 21.9. The molecule has 3 rings (SSSR count). The first kappa shape index (κ1) is 25.6. The van der Waals surface area contributed by atoms with Gasteiger partial charge in [-0.3, -0.25) is 9.78 Å². The lowest BCUT2D eigenvalue weighted by molar-refractivity contribution is -0.192. The standard InChI is InChI=1S/C22H24N2O2.C2HF3O2/c1-14(2)13-19(25)24-21(17-9-5-4-7-15(17)3)18-11-10-16-8-6-12-23-20(16)22(18)26;3-2(4,5)1(6)7/h4-12,14,21,26H,13H2,1-3H3,(H,24,25);(H,6,7). The highest BCUT2D eigenvalue weighted by Gasteiger charge is 2.38. The maximum Gasteiger partial charge on any atom is 0.490 e. The van der Waals surface area contributed by atoms with Crippen LogP contribution in [0.5, 0.6) is 5.75 Å². The van der Waals surface area contributed by atoms with Crippen LogP contribution in [0.4, 0.5) is 13.2 Å². The van der Waals surface area contributed by atoms with Gasteiger partial charge in [-0.2, -0.15) is 13.2 Å². The number of rotatable bonds is 5. The van der Waals surface area contributed by atoms with Crippen LogP contribution in [-0.2, 0) is 9.59 Å². The highest BCUT2D eigenvalue weighted by Crippen LogP contribution is 2.35. The molecular formula is C24H25F3N2O4. The third-order valence-electron chi connectivity index (χ3n) is 4.73. The summed E-state index contributed by atoms with van der Waals surface area (Å²) >= 11 is 0. The van der Waals surface area contributed by atoms with E-state index in [2.05, 4.69) is 10.3 Å². The Morgan fingerprint density at radius 3 is 2.24 bits per heavy atom. The fraction of sp³-hybridized carbons (Fsp3) is 0.292. The Morgan fingerprint density at radius 1 is 1.03 bits per heavy atom. The molecule has 3 N–H and O–H groups in total. The molecule has 1 atom stereocenters. The number of phenolic OH excluding ortho intramolecular Hbond substituents is 1. The van der Waals surface area contributed by atoms with Gasteiger partial charge in [-0.15, -0.1) is 0 Å². The lowest BCUT2D eigenvalue weighted by Crippen LogP contribution is -2.30. The number of aryl methyl sites for hydroxylation is 1. The fourth-order valence-electron chi connectivity index (χ4n) is 3.20. The fourth-order valence-corrected chi connectivity index (χ4v) is 3.20. The summed E-state index contributed by atoms with van der Waals surface area (Å²) in [6.07, 6.45) is -2.99. The van der Waals surface area contributed by atoms with E-state index in [4.69, 9.17) is 9.90 Å². The van der Waals surface area contributed by atoms with Gasteiger partial charge < -0.3 is 15.5 Å². The average molecular weight is 462 g/mol. The number of amides is 1. The number of aliphatic carboxylic acids is 1. The molecule has 0 aliphatic carbocycles. The first-order valence-corrected chi connectivity index (χ1v) is 10.1. The monoisotopic (exact) mass is 462 g/mol. The van der Waals surface area contributed by atoms with Crippen molar-refractivity contribution in [1.29, 1.82) is 0 Å². The van der Waals surface area contributed by atoms with Crippen LogP contribution in [0.2, 0.25) is 0 Å². The molecule has 9 heteroatoms.